The summed E-state index contributed by atoms with van der Waals surface area (Å²) in [6.45, 7) is 5.36. The molecule has 0 atom stereocenters. The number of rotatable bonds is 11. The van der Waals surface area contributed by atoms with Crippen molar-refractivity contribution in [2.24, 2.45) is 5.92 Å². The molecule has 2 aromatic carbocycles. The molecule has 0 unspecified atom stereocenters. The maximum absolute atomic E-state index is 13.7. The van der Waals surface area contributed by atoms with Gasteiger partial charge in [0.1, 0.15) is 18.0 Å². The minimum atomic E-state index is -0.380. The average molecular weight is 540 g/mol. The lowest BCUT2D eigenvalue weighted by Crippen LogP contribution is -2.45. The summed E-state index contributed by atoms with van der Waals surface area (Å²) in [5, 5.41) is 4.88. The fourth-order valence-corrected chi connectivity index (χ4v) is 4.82. The van der Waals surface area contributed by atoms with E-state index in [1.807, 2.05) is 49.6 Å². The van der Waals surface area contributed by atoms with Gasteiger partial charge in [0.25, 0.3) is 0 Å². The van der Waals surface area contributed by atoms with Crippen LogP contribution in [0.2, 0.25) is 0 Å². The SMILES string of the molecule is COc1ccc(NC(=O)N(CC(=O)N(Cc2ccc3c(c2)OCO3)Cc2cccs2)CC(C)C)c(OC)c1. The van der Waals surface area contributed by atoms with Gasteiger partial charge in [0, 0.05) is 24.0 Å². The number of benzene rings is 2. The van der Waals surface area contributed by atoms with Crippen molar-refractivity contribution in [2.45, 2.75) is 26.9 Å². The molecule has 1 N–H and O–H groups in total. The molecule has 0 saturated carbocycles. The molecule has 9 nitrogen and oxygen atoms in total. The monoisotopic (exact) mass is 539 g/mol. The Balaban J connectivity index is 1.52. The van der Waals surface area contributed by atoms with Crippen molar-refractivity contribution < 1.29 is 28.5 Å². The molecule has 10 heteroatoms. The lowest BCUT2D eigenvalue weighted by atomic mass is 10.1. The van der Waals surface area contributed by atoms with E-state index in [0.717, 1.165) is 10.4 Å². The fraction of sp³-hybridized carbons (Fsp3) is 0.357. The van der Waals surface area contributed by atoms with E-state index < -0.39 is 0 Å². The Labute approximate surface area is 226 Å². The Morgan fingerprint density at radius 1 is 1.00 bits per heavy atom. The van der Waals surface area contributed by atoms with E-state index >= 15 is 0 Å². The highest BCUT2D eigenvalue weighted by Gasteiger charge is 2.24. The molecule has 0 saturated heterocycles. The predicted molar refractivity (Wildman–Crippen MR) is 146 cm³/mol. The van der Waals surface area contributed by atoms with E-state index in [-0.39, 0.29) is 31.2 Å². The van der Waals surface area contributed by atoms with Gasteiger partial charge in [0.05, 0.1) is 26.5 Å². The van der Waals surface area contributed by atoms with Crippen molar-refractivity contribution in [3.63, 3.8) is 0 Å². The van der Waals surface area contributed by atoms with Gasteiger partial charge in [-0.2, -0.15) is 0 Å². The van der Waals surface area contributed by atoms with Crippen LogP contribution in [0.25, 0.3) is 0 Å². The molecule has 1 aliphatic heterocycles. The van der Waals surface area contributed by atoms with E-state index in [1.54, 1.807) is 41.5 Å². The fourth-order valence-electron chi connectivity index (χ4n) is 4.10. The standard InChI is InChI=1S/C28H33N3O6S/c1-19(2)14-31(28(33)29-23-9-8-21(34-3)13-25(23)35-4)17-27(32)30(16-22-6-5-11-38-22)15-20-7-10-24-26(12-20)37-18-36-24/h5-13,19H,14-18H2,1-4H3,(H,29,33). The highest BCUT2D eigenvalue weighted by atomic mass is 32.1. The lowest BCUT2D eigenvalue weighted by Gasteiger charge is -2.29. The molecule has 0 bridgehead atoms. The number of carbonyl (C=O) groups excluding carboxylic acids is 2. The van der Waals surface area contributed by atoms with Crippen LogP contribution in [-0.2, 0) is 17.9 Å². The van der Waals surface area contributed by atoms with Gasteiger partial charge in [-0.05, 0) is 47.2 Å². The van der Waals surface area contributed by atoms with E-state index in [1.165, 1.54) is 12.0 Å². The van der Waals surface area contributed by atoms with Gasteiger partial charge in [0.2, 0.25) is 12.7 Å². The van der Waals surface area contributed by atoms with Gasteiger partial charge in [-0.1, -0.05) is 26.0 Å². The van der Waals surface area contributed by atoms with Crippen molar-refractivity contribution in [2.75, 3.05) is 39.4 Å². The molecule has 0 aliphatic carbocycles. The summed E-state index contributed by atoms with van der Waals surface area (Å²) in [7, 11) is 3.09. The summed E-state index contributed by atoms with van der Waals surface area (Å²) in [6.07, 6.45) is 0. The van der Waals surface area contributed by atoms with Crippen molar-refractivity contribution in [3.05, 3.63) is 64.4 Å². The molecular weight excluding hydrogens is 506 g/mol. The molecule has 1 aromatic heterocycles. The molecule has 0 fully saturated rings. The van der Waals surface area contributed by atoms with E-state index in [9.17, 15) is 9.59 Å². The van der Waals surface area contributed by atoms with Gasteiger partial charge in [-0.3, -0.25) is 4.79 Å². The van der Waals surface area contributed by atoms with Crippen molar-refractivity contribution >= 4 is 29.0 Å². The van der Waals surface area contributed by atoms with Gasteiger partial charge < -0.3 is 34.1 Å². The lowest BCUT2D eigenvalue weighted by molar-refractivity contribution is -0.133. The quantitative estimate of drug-likeness (QED) is 0.360. The second-order valence-corrected chi connectivity index (χ2v) is 10.3. The van der Waals surface area contributed by atoms with Crippen LogP contribution in [0.4, 0.5) is 10.5 Å². The molecule has 38 heavy (non-hydrogen) atoms. The van der Waals surface area contributed by atoms with Gasteiger partial charge in [-0.25, -0.2) is 4.79 Å². The molecule has 2 heterocycles. The third-order valence-corrected chi connectivity index (χ3v) is 6.80. The molecular formula is C28H33N3O6S. The molecule has 1 aliphatic rings. The number of ether oxygens (including phenoxy) is 4. The summed E-state index contributed by atoms with van der Waals surface area (Å²) in [4.78, 5) is 31.4. The number of nitrogens with zero attached hydrogens (tertiary/aromatic N) is 2. The first-order valence-electron chi connectivity index (χ1n) is 12.3. The topological polar surface area (TPSA) is 89.6 Å². The maximum atomic E-state index is 13.7. The second-order valence-electron chi connectivity index (χ2n) is 9.29. The largest absolute Gasteiger partial charge is 0.497 e. The first kappa shape index (κ1) is 27.1. The second kappa shape index (κ2) is 12.6. The first-order valence-corrected chi connectivity index (χ1v) is 13.2. The zero-order chi connectivity index (χ0) is 27.1. The van der Waals surface area contributed by atoms with Crippen molar-refractivity contribution in [3.8, 4) is 23.0 Å². The number of fused-ring (bicyclic) bond motifs is 1. The van der Waals surface area contributed by atoms with Crippen LogP contribution in [0.5, 0.6) is 23.0 Å². The zero-order valence-corrected chi connectivity index (χ0v) is 22.9. The summed E-state index contributed by atoms with van der Waals surface area (Å²) >= 11 is 1.59. The molecule has 3 amide bonds. The minimum absolute atomic E-state index is 0.0710. The number of urea groups is 1. The normalized spacial score (nSPS) is 11.8. The number of carbonyl (C=O) groups is 2. The third-order valence-electron chi connectivity index (χ3n) is 5.94. The molecule has 202 valence electrons. The maximum Gasteiger partial charge on any atom is 0.322 e. The van der Waals surface area contributed by atoms with Crippen LogP contribution in [0.3, 0.4) is 0 Å². The van der Waals surface area contributed by atoms with Crippen LogP contribution >= 0.6 is 11.3 Å². The summed E-state index contributed by atoms with van der Waals surface area (Å²) in [5.41, 5.74) is 1.41. The molecule has 0 radical (unpaired) electrons. The Kier molecular flexibility index (Phi) is 8.96. The van der Waals surface area contributed by atoms with Gasteiger partial charge in [-0.15, -0.1) is 11.3 Å². The van der Waals surface area contributed by atoms with Crippen LogP contribution < -0.4 is 24.3 Å². The number of nitrogens with one attached hydrogen (secondary N) is 1. The summed E-state index contributed by atoms with van der Waals surface area (Å²) in [5.74, 6) is 2.44. The van der Waals surface area contributed by atoms with Crippen molar-refractivity contribution in [1.82, 2.24) is 9.80 Å². The Bertz CT molecular complexity index is 1250. The highest BCUT2D eigenvalue weighted by molar-refractivity contribution is 7.09. The van der Waals surface area contributed by atoms with Crippen LogP contribution in [-0.4, -0.2) is 55.8 Å². The molecule has 3 aromatic rings. The number of anilines is 1. The summed E-state index contributed by atoms with van der Waals surface area (Å²) in [6, 6.07) is 14.4. The van der Waals surface area contributed by atoms with E-state index in [0.29, 0.717) is 48.3 Å². The van der Waals surface area contributed by atoms with E-state index in [4.69, 9.17) is 18.9 Å². The number of hydrogen-bond donors (Lipinski definition) is 1. The average Bonchev–Trinajstić information content (AvgIpc) is 3.59. The summed E-state index contributed by atoms with van der Waals surface area (Å²) < 4.78 is 21.6. The van der Waals surface area contributed by atoms with Crippen LogP contribution in [0, 0.1) is 5.92 Å². The minimum Gasteiger partial charge on any atom is -0.497 e. The number of hydrogen-bond acceptors (Lipinski definition) is 7. The van der Waals surface area contributed by atoms with E-state index in [2.05, 4.69) is 5.32 Å². The first-order chi connectivity index (χ1) is 18.4. The number of thiophene rings is 1. The van der Waals surface area contributed by atoms with Crippen LogP contribution in [0.15, 0.2) is 53.9 Å². The number of methoxy groups -OCH3 is 2. The third kappa shape index (κ3) is 6.89. The van der Waals surface area contributed by atoms with Crippen molar-refractivity contribution in [1.29, 1.82) is 0 Å². The van der Waals surface area contributed by atoms with Crippen LogP contribution in [0.1, 0.15) is 24.3 Å². The Morgan fingerprint density at radius 2 is 1.82 bits per heavy atom. The molecule has 4 rings (SSSR count). The predicted octanol–water partition coefficient (Wildman–Crippen LogP) is 5.21. The Morgan fingerprint density at radius 3 is 2.53 bits per heavy atom. The number of amides is 3. The highest BCUT2D eigenvalue weighted by Crippen LogP contribution is 2.33. The van der Waals surface area contributed by atoms with Gasteiger partial charge in [0.15, 0.2) is 11.5 Å². The van der Waals surface area contributed by atoms with Gasteiger partial charge >= 0.3 is 6.03 Å². The Hall–Kier alpha value is -3.92. The zero-order valence-electron chi connectivity index (χ0n) is 22.1. The smallest absolute Gasteiger partial charge is 0.322 e. The molecule has 0 spiro atoms.